The average molecular weight is 219 g/mol. The van der Waals surface area contributed by atoms with Crippen molar-refractivity contribution in [3.05, 3.63) is 35.9 Å². The lowest BCUT2D eigenvalue weighted by Crippen LogP contribution is -2.41. The molecule has 1 aliphatic carbocycles. The summed E-state index contributed by atoms with van der Waals surface area (Å²) >= 11 is 0. The van der Waals surface area contributed by atoms with Crippen LogP contribution in [0.2, 0.25) is 0 Å². The number of hydrogen-bond donors (Lipinski definition) is 3. The van der Waals surface area contributed by atoms with Gasteiger partial charge in [-0.15, -0.1) is 0 Å². The van der Waals surface area contributed by atoms with E-state index >= 15 is 0 Å². The van der Waals surface area contributed by atoms with Gasteiger partial charge >= 0.3 is 6.03 Å². The van der Waals surface area contributed by atoms with Crippen LogP contribution in [-0.4, -0.2) is 18.6 Å². The molecule has 1 fully saturated rings. The van der Waals surface area contributed by atoms with Crippen LogP contribution in [0.1, 0.15) is 24.4 Å². The number of nitrogens with two attached hydrogens (primary N) is 1. The minimum Gasteiger partial charge on any atom is -0.335 e. The molecule has 0 saturated heterocycles. The van der Waals surface area contributed by atoms with Crippen LogP contribution in [0.5, 0.6) is 0 Å². The van der Waals surface area contributed by atoms with Gasteiger partial charge in [0.05, 0.1) is 6.04 Å². The van der Waals surface area contributed by atoms with E-state index < -0.39 is 0 Å². The van der Waals surface area contributed by atoms with Crippen LogP contribution < -0.4 is 16.4 Å². The molecule has 4 nitrogen and oxygen atoms in total. The smallest absolute Gasteiger partial charge is 0.315 e. The fourth-order valence-electron chi connectivity index (χ4n) is 1.58. The zero-order chi connectivity index (χ0) is 11.4. The predicted molar refractivity (Wildman–Crippen MR) is 62.9 cm³/mol. The van der Waals surface area contributed by atoms with Gasteiger partial charge in [0, 0.05) is 12.6 Å². The summed E-state index contributed by atoms with van der Waals surface area (Å²) in [6, 6.07) is 9.90. The third kappa shape index (κ3) is 2.97. The van der Waals surface area contributed by atoms with Crippen LogP contribution >= 0.6 is 0 Å². The van der Waals surface area contributed by atoms with Crippen molar-refractivity contribution in [2.24, 2.45) is 5.73 Å². The van der Waals surface area contributed by atoms with E-state index in [1.54, 1.807) is 0 Å². The highest BCUT2D eigenvalue weighted by atomic mass is 16.2. The third-order valence-electron chi connectivity index (χ3n) is 2.66. The molecule has 0 radical (unpaired) electrons. The highest BCUT2D eigenvalue weighted by molar-refractivity contribution is 5.75. The first-order chi connectivity index (χ1) is 7.79. The van der Waals surface area contributed by atoms with Crippen molar-refractivity contribution in [1.82, 2.24) is 10.6 Å². The normalized spacial score (nSPS) is 16.6. The largest absolute Gasteiger partial charge is 0.335 e. The van der Waals surface area contributed by atoms with Crippen LogP contribution in [-0.2, 0) is 0 Å². The topological polar surface area (TPSA) is 67.1 Å². The Morgan fingerprint density at radius 2 is 2.06 bits per heavy atom. The van der Waals surface area contributed by atoms with Crippen molar-refractivity contribution in [2.45, 2.75) is 24.9 Å². The SMILES string of the molecule is NCC(NC(=O)NC1CC1)c1ccccc1. The highest BCUT2D eigenvalue weighted by Gasteiger charge is 2.24. The maximum atomic E-state index is 11.6. The Bertz CT molecular complexity index is 349. The number of urea groups is 1. The van der Waals surface area contributed by atoms with Gasteiger partial charge in [-0.1, -0.05) is 30.3 Å². The Hall–Kier alpha value is -1.55. The molecule has 0 aromatic heterocycles. The van der Waals surface area contributed by atoms with Crippen molar-refractivity contribution in [3.8, 4) is 0 Å². The Labute approximate surface area is 95.2 Å². The lowest BCUT2D eigenvalue weighted by atomic mass is 10.1. The van der Waals surface area contributed by atoms with Crippen LogP contribution in [0.25, 0.3) is 0 Å². The molecule has 1 aromatic rings. The van der Waals surface area contributed by atoms with E-state index in [0.717, 1.165) is 18.4 Å². The Kier molecular flexibility index (Phi) is 3.41. The molecule has 16 heavy (non-hydrogen) atoms. The second kappa shape index (κ2) is 4.99. The maximum Gasteiger partial charge on any atom is 0.315 e. The molecular weight excluding hydrogens is 202 g/mol. The van der Waals surface area contributed by atoms with Gasteiger partial charge in [-0.05, 0) is 18.4 Å². The minimum atomic E-state index is -0.123. The number of benzene rings is 1. The molecule has 4 N–H and O–H groups in total. The van der Waals surface area contributed by atoms with E-state index in [1.165, 1.54) is 0 Å². The minimum absolute atomic E-state index is 0.111. The van der Waals surface area contributed by atoms with E-state index in [2.05, 4.69) is 10.6 Å². The summed E-state index contributed by atoms with van der Waals surface area (Å²) in [6.07, 6.45) is 2.18. The zero-order valence-corrected chi connectivity index (χ0v) is 9.15. The molecule has 0 bridgehead atoms. The van der Waals surface area contributed by atoms with Crippen molar-refractivity contribution in [3.63, 3.8) is 0 Å². The number of carbonyl (C=O) groups is 1. The molecule has 0 heterocycles. The first-order valence-corrected chi connectivity index (χ1v) is 5.61. The highest BCUT2D eigenvalue weighted by Crippen LogP contribution is 2.18. The second-order valence-electron chi connectivity index (χ2n) is 4.09. The number of amides is 2. The van der Waals surface area contributed by atoms with E-state index in [-0.39, 0.29) is 12.1 Å². The summed E-state index contributed by atoms with van der Waals surface area (Å²) in [5.74, 6) is 0. The summed E-state index contributed by atoms with van der Waals surface area (Å²) in [5, 5.41) is 5.76. The molecular formula is C12H17N3O. The molecule has 0 spiro atoms. The number of carbonyl (C=O) groups excluding carboxylic acids is 1. The molecule has 0 aliphatic heterocycles. The van der Waals surface area contributed by atoms with Crippen molar-refractivity contribution < 1.29 is 4.79 Å². The van der Waals surface area contributed by atoms with E-state index in [9.17, 15) is 4.79 Å². The van der Waals surface area contributed by atoms with E-state index in [4.69, 9.17) is 5.73 Å². The van der Waals surface area contributed by atoms with Crippen LogP contribution in [0, 0.1) is 0 Å². The third-order valence-corrected chi connectivity index (χ3v) is 2.66. The summed E-state index contributed by atoms with van der Waals surface area (Å²) in [4.78, 5) is 11.6. The van der Waals surface area contributed by atoms with Gasteiger partial charge in [0.2, 0.25) is 0 Å². The monoisotopic (exact) mass is 219 g/mol. The van der Waals surface area contributed by atoms with Crippen LogP contribution in [0.4, 0.5) is 4.79 Å². The van der Waals surface area contributed by atoms with Gasteiger partial charge in [0.15, 0.2) is 0 Å². The van der Waals surface area contributed by atoms with Crippen LogP contribution in [0.3, 0.4) is 0 Å². The van der Waals surface area contributed by atoms with Crippen molar-refractivity contribution in [1.29, 1.82) is 0 Å². The summed E-state index contributed by atoms with van der Waals surface area (Å²) < 4.78 is 0. The Balaban J connectivity index is 1.91. The standard InChI is InChI=1S/C12H17N3O/c13-8-11(9-4-2-1-3-5-9)15-12(16)14-10-6-7-10/h1-5,10-11H,6-8,13H2,(H2,14,15,16). The van der Waals surface area contributed by atoms with Gasteiger partial charge in [-0.2, -0.15) is 0 Å². The summed E-state index contributed by atoms with van der Waals surface area (Å²) in [6.45, 7) is 0.405. The first-order valence-electron chi connectivity index (χ1n) is 5.61. The van der Waals surface area contributed by atoms with E-state index in [0.29, 0.717) is 12.6 Å². The van der Waals surface area contributed by atoms with Gasteiger partial charge in [-0.3, -0.25) is 0 Å². The quantitative estimate of drug-likeness (QED) is 0.711. The number of nitrogens with one attached hydrogen (secondary N) is 2. The second-order valence-corrected chi connectivity index (χ2v) is 4.09. The molecule has 1 unspecified atom stereocenters. The zero-order valence-electron chi connectivity index (χ0n) is 9.15. The molecule has 1 aromatic carbocycles. The molecule has 2 rings (SSSR count). The predicted octanol–water partition coefficient (Wildman–Crippen LogP) is 1.15. The molecule has 86 valence electrons. The molecule has 4 heteroatoms. The lowest BCUT2D eigenvalue weighted by molar-refractivity contribution is 0.237. The number of hydrogen-bond acceptors (Lipinski definition) is 2. The molecule has 1 atom stereocenters. The fraction of sp³-hybridized carbons (Fsp3) is 0.417. The first kappa shape index (κ1) is 11.0. The average Bonchev–Trinajstić information content (AvgIpc) is 3.11. The maximum absolute atomic E-state index is 11.6. The van der Waals surface area contributed by atoms with Gasteiger partial charge in [0.25, 0.3) is 0 Å². The van der Waals surface area contributed by atoms with Crippen LogP contribution in [0.15, 0.2) is 30.3 Å². The molecule has 2 amide bonds. The van der Waals surface area contributed by atoms with Crippen molar-refractivity contribution >= 4 is 6.03 Å². The molecule has 1 saturated carbocycles. The fourth-order valence-corrected chi connectivity index (χ4v) is 1.58. The summed E-state index contributed by atoms with van der Waals surface area (Å²) in [7, 11) is 0. The van der Waals surface area contributed by atoms with Gasteiger partial charge < -0.3 is 16.4 Å². The Morgan fingerprint density at radius 1 is 1.38 bits per heavy atom. The summed E-state index contributed by atoms with van der Waals surface area (Å²) in [5.41, 5.74) is 6.69. The van der Waals surface area contributed by atoms with Gasteiger partial charge in [-0.25, -0.2) is 4.79 Å². The lowest BCUT2D eigenvalue weighted by Gasteiger charge is -2.17. The van der Waals surface area contributed by atoms with Gasteiger partial charge in [0.1, 0.15) is 0 Å². The van der Waals surface area contributed by atoms with E-state index in [1.807, 2.05) is 30.3 Å². The Morgan fingerprint density at radius 3 is 2.62 bits per heavy atom. The number of rotatable bonds is 4. The molecule has 1 aliphatic rings. The van der Waals surface area contributed by atoms with Crippen molar-refractivity contribution in [2.75, 3.05) is 6.54 Å².